The zero-order valence-corrected chi connectivity index (χ0v) is 5.90. The molecule has 0 aliphatic carbocycles. The molecule has 1 rings (SSSR count). The van der Waals surface area contributed by atoms with E-state index in [1.807, 2.05) is 0 Å². The fourth-order valence-electron chi connectivity index (χ4n) is 0.713. The van der Waals surface area contributed by atoms with Gasteiger partial charge in [0.1, 0.15) is 17.6 Å². The average molecular weight is 166 g/mol. The molecule has 6 heteroatoms. The Morgan fingerprint density at radius 1 is 1.58 bits per heavy atom. The first kappa shape index (κ1) is 8.65. The number of nitrogens with zero attached hydrogens (tertiary/aromatic N) is 2. The molecule has 0 unspecified atom stereocenters. The van der Waals surface area contributed by atoms with Crippen LogP contribution in [0.3, 0.4) is 0 Å². The Morgan fingerprint density at radius 2 is 2.25 bits per heavy atom. The lowest BCUT2D eigenvalue weighted by Crippen LogP contribution is -2.33. The molecule has 0 bridgehead atoms. The normalized spacial score (nSPS) is 9.17. The minimum absolute atomic E-state index is 0.0560. The maximum Gasteiger partial charge on any atom is 0.491 e. The van der Waals surface area contributed by atoms with Crippen LogP contribution in [0.2, 0.25) is 0 Å². The molecule has 1 aromatic heterocycles. The minimum Gasteiger partial charge on any atom is -0.423 e. The Bertz CT molecular complexity index is 337. The molecule has 12 heavy (non-hydrogen) atoms. The summed E-state index contributed by atoms with van der Waals surface area (Å²) >= 11 is 0. The summed E-state index contributed by atoms with van der Waals surface area (Å²) in [4.78, 5) is 3.38. The highest BCUT2D eigenvalue weighted by molar-refractivity contribution is 6.58. The second-order valence-electron chi connectivity index (χ2n) is 2.08. The Hall–Kier alpha value is -1.45. The van der Waals surface area contributed by atoms with Crippen LogP contribution in [0.25, 0.3) is 0 Å². The van der Waals surface area contributed by atoms with Crippen molar-refractivity contribution >= 4 is 12.6 Å². The van der Waals surface area contributed by atoms with Crippen molar-refractivity contribution in [3.63, 3.8) is 0 Å². The van der Waals surface area contributed by atoms with Crippen molar-refractivity contribution in [2.45, 2.75) is 0 Å². The molecule has 2 N–H and O–H groups in total. The molecule has 0 spiro atoms. The third kappa shape index (κ3) is 1.58. The molecule has 0 aromatic carbocycles. The van der Waals surface area contributed by atoms with Crippen molar-refractivity contribution < 1.29 is 14.4 Å². The average Bonchev–Trinajstić information content (AvgIpc) is 2.05. The summed E-state index contributed by atoms with van der Waals surface area (Å²) in [5, 5.41) is 25.5. The van der Waals surface area contributed by atoms with Gasteiger partial charge in [-0.25, -0.2) is 9.37 Å². The third-order valence-electron chi connectivity index (χ3n) is 1.28. The van der Waals surface area contributed by atoms with Gasteiger partial charge in [0.05, 0.1) is 6.20 Å². The monoisotopic (exact) mass is 166 g/mol. The van der Waals surface area contributed by atoms with Gasteiger partial charge in [0.15, 0.2) is 0 Å². The van der Waals surface area contributed by atoms with E-state index in [0.29, 0.717) is 0 Å². The highest BCUT2D eigenvalue weighted by Gasteiger charge is 2.17. The van der Waals surface area contributed by atoms with E-state index in [0.717, 1.165) is 12.3 Å². The minimum atomic E-state index is -1.92. The third-order valence-corrected chi connectivity index (χ3v) is 1.28. The Labute approximate surface area is 68.1 Å². The first-order valence-electron chi connectivity index (χ1n) is 3.07. The van der Waals surface area contributed by atoms with E-state index in [2.05, 4.69) is 4.98 Å². The number of aromatic nitrogens is 1. The van der Waals surface area contributed by atoms with E-state index in [9.17, 15) is 4.39 Å². The van der Waals surface area contributed by atoms with Crippen LogP contribution in [-0.4, -0.2) is 22.2 Å². The van der Waals surface area contributed by atoms with Gasteiger partial charge in [0.2, 0.25) is 0 Å². The molecule has 0 atom stereocenters. The standard InChI is InChI=1S/C6H4BFN2O2/c8-6-3-10-4(2-9)1-5(6)7(11)12/h1,3,11-12H. The van der Waals surface area contributed by atoms with Gasteiger partial charge in [-0.2, -0.15) is 5.26 Å². The lowest BCUT2D eigenvalue weighted by Gasteiger charge is -1.99. The summed E-state index contributed by atoms with van der Waals surface area (Å²) in [5.74, 6) is -0.844. The SMILES string of the molecule is N#Cc1cc(B(O)O)c(F)cn1. The maximum absolute atomic E-state index is 12.7. The molecule has 1 heterocycles. The van der Waals surface area contributed by atoms with Crippen molar-refractivity contribution in [3.05, 3.63) is 23.8 Å². The molecule has 4 nitrogen and oxygen atoms in total. The summed E-state index contributed by atoms with van der Waals surface area (Å²) in [7, 11) is -1.92. The molecule has 0 amide bonds. The van der Waals surface area contributed by atoms with E-state index in [4.69, 9.17) is 15.3 Å². The molecule has 0 saturated heterocycles. The van der Waals surface area contributed by atoms with Crippen LogP contribution in [0.5, 0.6) is 0 Å². The highest BCUT2D eigenvalue weighted by atomic mass is 19.1. The van der Waals surface area contributed by atoms with Gasteiger partial charge in [-0.3, -0.25) is 0 Å². The van der Waals surface area contributed by atoms with Gasteiger partial charge < -0.3 is 10.0 Å². The molecular weight excluding hydrogens is 162 g/mol. The first-order chi connectivity index (χ1) is 5.65. The lowest BCUT2D eigenvalue weighted by atomic mass is 9.80. The van der Waals surface area contributed by atoms with Crippen molar-refractivity contribution in [1.82, 2.24) is 4.98 Å². The lowest BCUT2D eigenvalue weighted by molar-refractivity contribution is 0.423. The van der Waals surface area contributed by atoms with E-state index in [1.165, 1.54) is 0 Å². The van der Waals surface area contributed by atoms with Gasteiger partial charge in [0.25, 0.3) is 0 Å². The van der Waals surface area contributed by atoms with Crippen molar-refractivity contribution in [2.75, 3.05) is 0 Å². The summed E-state index contributed by atoms with van der Waals surface area (Å²) in [6, 6.07) is 2.64. The molecule has 60 valence electrons. The first-order valence-corrected chi connectivity index (χ1v) is 3.07. The molecule has 0 aliphatic rings. The van der Waals surface area contributed by atoms with Crippen molar-refractivity contribution in [2.24, 2.45) is 0 Å². The van der Waals surface area contributed by atoms with Gasteiger partial charge in [-0.1, -0.05) is 0 Å². The summed E-state index contributed by atoms with van der Waals surface area (Å²) < 4.78 is 12.7. The Balaban J connectivity index is 3.19. The van der Waals surface area contributed by atoms with Gasteiger partial charge in [0, 0.05) is 5.46 Å². The van der Waals surface area contributed by atoms with Crippen LogP contribution in [-0.2, 0) is 0 Å². The second kappa shape index (κ2) is 3.30. The zero-order chi connectivity index (χ0) is 9.14. The molecule has 0 saturated carbocycles. The van der Waals surface area contributed by atoms with Crippen LogP contribution in [0.4, 0.5) is 4.39 Å². The van der Waals surface area contributed by atoms with Crippen LogP contribution in [0, 0.1) is 17.1 Å². The number of pyridine rings is 1. The smallest absolute Gasteiger partial charge is 0.423 e. The Kier molecular flexibility index (Phi) is 2.38. The summed E-state index contributed by atoms with van der Waals surface area (Å²) in [6.45, 7) is 0. The number of rotatable bonds is 1. The number of hydrogen-bond acceptors (Lipinski definition) is 4. The molecular formula is C6H4BFN2O2. The molecule has 1 aromatic rings. The van der Waals surface area contributed by atoms with Crippen LogP contribution < -0.4 is 5.46 Å². The summed E-state index contributed by atoms with van der Waals surface area (Å²) in [6.07, 6.45) is 0.771. The van der Waals surface area contributed by atoms with Gasteiger partial charge >= 0.3 is 7.12 Å². The fraction of sp³-hybridized carbons (Fsp3) is 0. The van der Waals surface area contributed by atoms with E-state index < -0.39 is 12.9 Å². The van der Waals surface area contributed by atoms with Gasteiger partial charge in [-0.05, 0) is 6.07 Å². The fourth-order valence-corrected chi connectivity index (χ4v) is 0.713. The maximum atomic E-state index is 12.7. The number of halogens is 1. The van der Waals surface area contributed by atoms with E-state index >= 15 is 0 Å². The molecule has 0 fully saturated rings. The Morgan fingerprint density at radius 3 is 2.75 bits per heavy atom. The van der Waals surface area contributed by atoms with E-state index in [1.54, 1.807) is 6.07 Å². The number of nitriles is 1. The van der Waals surface area contributed by atoms with Gasteiger partial charge in [-0.15, -0.1) is 0 Å². The predicted molar refractivity (Wildman–Crippen MR) is 38.7 cm³/mol. The summed E-state index contributed by atoms with van der Waals surface area (Å²) in [5.41, 5.74) is -0.402. The zero-order valence-electron chi connectivity index (χ0n) is 5.90. The second-order valence-corrected chi connectivity index (χ2v) is 2.08. The molecule has 0 radical (unpaired) electrons. The topological polar surface area (TPSA) is 77.1 Å². The van der Waals surface area contributed by atoms with Crippen molar-refractivity contribution in [3.8, 4) is 6.07 Å². The number of hydrogen-bond donors (Lipinski definition) is 2. The van der Waals surface area contributed by atoms with Crippen molar-refractivity contribution in [1.29, 1.82) is 5.26 Å². The highest BCUT2D eigenvalue weighted by Crippen LogP contribution is 1.94. The van der Waals surface area contributed by atoms with Crippen LogP contribution in [0.15, 0.2) is 12.3 Å². The van der Waals surface area contributed by atoms with Crippen LogP contribution >= 0.6 is 0 Å². The van der Waals surface area contributed by atoms with Crippen LogP contribution in [0.1, 0.15) is 5.69 Å². The van der Waals surface area contributed by atoms with E-state index in [-0.39, 0.29) is 11.2 Å². The quantitative estimate of drug-likeness (QED) is 0.512. The largest absolute Gasteiger partial charge is 0.491 e. The predicted octanol–water partition coefficient (Wildman–Crippen LogP) is -1.23. The molecule has 0 aliphatic heterocycles.